The molecule has 0 N–H and O–H groups in total. The maximum atomic E-state index is 10.9. The van der Waals surface area contributed by atoms with E-state index in [0.717, 1.165) is 26.9 Å². The predicted molar refractivity (Wildman–Crippen MR) is 87.1 cm³/mol. The molecule has 3 rings (SSSR count). The van der Waals surface area contributed by atoms with E-state index in [1.807, 2.05) is 37.3 Å². The Morgan fingerprint density at radius 1 is 1.23 bits per heavy atom. The van der Waals surface area contributed by atoms with Gasteiger partial charge in [-0.05, 0) is 35.9 Å². The standard InChI is InChI=1S/C17H15ClO3S/c1-10(9-20-11(2)19)12-3-5-14-16(7-12)22-17-8-13(18)4-6-15(17)21-14/h3-8,10H,9H2,1-2H3. The van der Waals surface area contributed by atoms with Crippen LogP contribution in [0.15, 0.2) is 46.2 Å². The van der Waals surface area contributed by atoms with E-state index in [2.05, 4.69) is 6.07 Å². The molecule has 22 heavy (non-hydrogen) atoms. The smallest absolute Gasteiger partial charge is 0.302 e. The number of ether oxygens (including phenoxy) is 2. The van der Waals surface area contributed by atoms with E-state index < -0.39 is 0 Å². The summed E-state index contributed by atoms with van der Waals surface area (Å²) in [5.41, 5.74) is 1.11. The van der Waals surface area contributed by atoms with Gasteiger partial charge in [0, 0.05) is 17.9 Å². The van der Waals surface area contributed by atoms with Gasteiger partial charge in [-0.25, -0.2) is 0 Å². The third kappa shape index (κ3) is 3.23. The number of halogens is 1. The first kappa shape index (κ1) is 15.3. The molecule has 2 aromatic carbocycles. The van der Waals surface area contributed by atoms with Gasteiger partial charge in [0.2, 0.25) is 0 Å². The minimum atomic E-state index is -0.258. The number of esters is 1. The van der Waals surface area contributed by atoms with Gasteiger partial charge in [-0.3, -0.25) is 4.79 Å². The lowest BCUT2D eigenvalue weighted by molar-refractivity contribution is -0.141. The molecular weight excluding hydrogens is 320 g/mol. The van der Waals surface area contributed by atoms with Crippen LogP contribution < -0.4 is 4.74 Å². The van der Waals surface area contributed by atoms with Crippen LogP contribution >= 0.6 is 23.4 Å². The second kappa shape index (κ2) is 6.23. The summed E-state index contributed by atoms with van der Waals surface area (Å²) in [5.74, 6) is 1.53. The number of carbonyl (C=O) groups is 1. The zero-order valence-corrected chi connectivity index (χ0v) is 13.8. The van der Waals surface area contributed by atoms with Crippen LogP contribution in [-0.2, 0) is 9.53 Å². The van der Waals surface area contributed by atoms with E-state index in [4.69, 9.17) is 21.1 Å². The molecule has 1 aliphatic rings. The summed E-state index contributed by atoms with van der Waals surface area (Å²) in [5, 5.41) is 0.692. The van der Waals surface area contributed by atoms with Crippen LogP contribution in [0.25, 0.3) is 0 Å². The third-order valence-electron chi connectivity index (χ3n) is 3.42. The highest BCUT2D eigenvalue weighted by Gasteiger charge is 2.19. The third-order valence-corrected chi connectivity index (χ3v) is 4.73. The van der Waals surface area contributed by atoms with Crippen LogP contribution in [0.5, 0.6) is 11.5 Å². The van der Waals surface area contributed by atoms with Crippen LogP contribution in [0.4, 0.5) is 0 Å². The predicted octanol–water partition coefficient (Wildman–Crippen LogP) is 5.26. The van der Waals surface area contributed by atoms with Crippen molar-refractivity contribution in [1.82, 2.24) is 0 Å². The number of carbonyl (C=O) groups excluding carboxylic acids is 1. The van der Waals surface area contributed by atoms with Crippen LogP contribution in [0, 0.1) is 0 Å². The van der Waals surface area contributed by atoms with Crippen molar-refractivity contribution < 1.29 is 14.3 Å². The number of fused-ring (bicyclic) bond motifs is 2. The first-order valence-corrected chi connectivity index (χ1v) is 8.15. The molecule has 0 bridgehead atoms. The zero-order chi connectivity index (χ0) is 15.7. The number of benzene rings is 2. The number of rotatable bonds is 3. The summed E-state index contributed by atoms with van der Waals surface area (Å²) in [4.78, 5) is 13.0. The molecule has 0 amide bonds. The fourth-order valence-electron chi connectivity index (χ4n) is 2.22. The van der Waals surface area contributed by atoms with Gasteiger partial charge >= 0.3 is 5.97 Å². The van der Waals surface area contributed by atoms with Crippen molar-refractivity contribution in [2.45, 2.75) is 29.6 Å². The van der Waals surface area contributed by atoms with E-state index in [0.29, 0.717) is 11.6 Å². The van der Waals surface area contributed by atoms with Gasteiger partial charge in [0.1, 0.15) is 11.5 Å². The van der Waals surface area contributed by atoms with Crippen molar-refractivity contribution in [2.24, 2.45) is 0 Å². The van der Waals surface area contributed by atoms with Crippen LogP contribution in [-0.4, -0.2) is 12.6 Å². The zero-order valence-electron chi connectivity index (χ0n) is 12.3. The normalized spacial score (nSPS) is 13.6. The van der Waals surface area contributed by atoms with E-state index in [-0.39, 0.29) is 11.9 Å². The molecule has 0 saturated carbocycles. The van der Waals surface area contributed by atoms with Gasteiger partial charge in [0.15, 0.2) is 0 Å². The monoisotopic (exact) mass is 334 g/mol. The van der Waals surface area contributed by atoms with E-state index in [9.17, 15) is 4.79 Å². The molecule has 0 aliphatic carbocycles. The first-order chi connectivity index (χ1) is 10.5. The number of hydrogen-bond donors (Lipinski definition) is 0. The Hall–Kier alpha value is -1.65. The van der Waals surface area contributed by atoms with Gasteiger partial charge in [-0.1, -0.05) is 36.4 Å². The van der Waals surface area contributed by atoms with Crippen molar-refractivity contribution in [3.8, 4) is 11.5 Å². The Balaban J connectivity index is 1.83. The fraction of sp³-hybridized carbons (Fsp3) is 0.235. The lowest BCUT2D eigenvalue weighted by Gasteiger charge is -2.21. The summed E-state index contributed by atoms with van der Waals surface area (Å²) in [6.45, 7) is 3.83. The topological polar surface area (TPSA) is 35.5 Å². The van der Waals surface area contributed by atoms with Crippen molar-refractivity contribution in [3.05, 3.63) is 47.0 Å². The molecule has 2 aromatic rings. The largest absolute Gasteiger partial charge is 0.465 e. The van der Waals surface area contributed by atoms with Crippen LogP contribution in [0.2, 0.25) is 5.02 Å². The Morgan fingerprint density at radius 2 is 1.91 bits per heavy atom. The van der Waals surface area contributed by atoms with Gasteiger partial charge in [-0.2, -0.15) is 0 Å². The molecule has 114 valence electrons. The van der Waals surface area contributed by atoms with Crippen molar-refractivity contribution in [3.63, 3.8) is 0 Å². The molecule has 0 fully saturated rings. The van der Waals surface area contributed by atoms with Gasteiger partial charge in [0.05, 0.1) is 16.4 Å². The van der Waals surface area contributed by atoms with Crippen molar-refractivity contribution in [2.75, 3.05) is 6.61 Å². The molecule has 0 spiro atoms. The molecule has 0 aromatic heterocycles. The highest BCUT2D eigenvalue weighted by Crippen LogP contribution is 2.48. The fourth-order valence-corrected chi connectivity index (χ4v) is 3.49. The molecule has 0 saturated heterocycles. The van der Waals surface area contributed by atoms with E-state index in [1.165, 1.54) is 6.92 Å². The molecule has 0 radical (unpaired) electrons. The molecule has 1 unspecified atom stereocenters. The molecule has 5 heteroatoms. The van der Waals surface area contributed by atoms with Crippen molar-refractivity contribution >= 4 is 29.3 Å². The molecule has 1 aliphatic heterocycles. The van der Waals surface area contributed by atoms with E-state index in [1.54, 1.807) is 11.8 Å². The minimum absolute atomic E-state index is 0.135. The van der Waals surface area contributed by atoms with E-state index >= 15 is 0 Å². The Kier molecular flexibility index (Phi) is 4.32. The van der Waals surface area contributed by atoms with Crippen LogP contribution in [0.1, 0.15) is 25.3 Å². The summed E-state index contributed by atoms with van der Waals surface area (Å²) >= 11 is 7.67. The molecule has 3 nitrogen and oxygen atoms in total. The molecular formula is C17H15ClO3S. The second-order valence-corrected chi connectivity index (χ2v) is 6.73. The van der Waals surface area contributed by atoms with Gasteiger partial charge in [-0.15, -0.1) is 0 Å². The van der Waals surface area contributed by atoms with Crippen molar-refractivity contribution in [1.29, 1.82) is 0 Å². The minimum Gasteiger partial charge on any atom is -0.465 e. The summed E-state index contributed by atoms with van der Waals surface area (Å²) in [6, 6.07) is 11.7. The highest BCUT2D eigenvalue weighted by atomic mass is 35.5. The highest BCUT2D eigenvalue weighted by molar-refractivity contribution is 7.99. The van der Waals surface area contributed by atoms with Crippen LogP contribution in [0.3, 0.4) is 0 Å². The maximum Gasteiger partial charge on any atom is 0.302 e. The summed E-state index contributed by atoms with van der Waals surface area (Å²) in [7, 11) is 0. The lowest BCUT2D eigenvalue weighted by atomic mass is 10.0. The molecule has 1 heterocycles. The summed E-state index contributed by atoms with van der Waals surface area (Å²) in [6.07, 6.45) is 0. The second-order valence-electron chi connectivity index (χ2n) is 5.20. The average Bonchev–Trinajstić information content (AvgIpc) is 2.50. The quantitative estimate of drug-likeness (QED) is 0.612. The first-order valence-electron chi connectivity index (χ1n) is 6.95. The van der Waals surface area contributed by atoms with Gasteiger partial charge < -0.3 is 9.47 Å². The van der Waals surface area contributed by atoms with Gasteiger partial charge in [0.25, 0.3) is 0 Å². The SMILES string of the molecule is CC(=O)OCC(C)c1ccc2c(c1)Sc1cc(Cl)ccc1O2. The Morgan fingerprint density at radius 3 is 2.64 bits per heavy atom. The number of hydrogen-bond acceptors (Lipinski definition) is 4. The lowest BCUT2D eigenvalue weighted by Crippen LogP contribution is -2.08. The molecule has 1 atom stereocenters. The average molecular weight is 335 g/mol. The Labute approximate surface area is 138 Å². The maximum absolute atomic E-state index is 10.9. The summed E-state index contributed by atoms with van der Waals surface area (Å²) < 4.78 is 11.0. The Bertz CT molecular complexity index is 730.